The van der Waals surface area contributed by atoms with Crippen molar-refractivity contribution in [2.45, 2.75) is 0 Å². The van der Waals surface area contributed by atoms with Crippen LogP contribution in [0.3, 0.4) is 0 Å². The maximum absolute atomic E-state index is 5.20. The molecule has 2 aromatic heterocycles. The standard InChI is InChI=1S/2C19H17NO/c2*1-15(16-10-12-18(21-2)13-11-16)19-9-6-14-20(19)17-7-4-3-5-8-17/h2*3-14H,1H2,2H3. The van der Waals surface area contributed by atoms with Crippen LogP contribution < -0.4 is 9.47 Å². The Kier molecular flexibility index (Phi) is 8.85. The van der Waals surface area contributed by atoms with E-state index in [0.717, 1.165) is 56.5 Å². The zero-order chi connectivity index (χ0) is 29.3. The van der Waals surface area contributed by atoms with Crippen LogP contribution in [0.25, 0.3) is 22.5 Å². The third kappa shape index (κ3) is 6.29. The second kappa shape index (κ2) is 13.2. The van der Waals surface area contributed by atoms with Crippen LogP contribution in [0.15, 0.2) is 159 Å². The van der Waals surface area contributed by atoms with E-state index in [1.54, 1.807) is 14.2 Å². The molecular formula is C38H34N2O2. The number of para-hydroxylation sites is 2. The Morgan fingerprint density at radius 3 is 1.14 bits per heavy atom. The van der Waals surface area contributed by atoms with Crippen LogP contribution in [0, 0.1) is 0 Å². The van der Waals surface area contributed by atoms with Gasteiger partial charge in [0, 0.05) is 23.8 Å². The minimum Gasteiger partial charge on any atom is -0.497 e. The summed E-state index contributed by atoms with van der Waals surface area (Å²) in [7, 11) is 3.34. The van der Waals surface area contributed by atoms with Crippen LogP contribution >= 0.6 is 0 Å². The normalized spacial score (nSPS) is 10.3. The second-order valence-corrected chi connectivity index (χ2v) is 9.61. The van der Waals surface area contributed by atoms with E-state index in [4.69, 9.17) is 9.47 Å². The molecule has 0 bridgehead atoms. The van der Waals surface area contributed by atoms with Gasteiger partial charge in [-0.05, 0) is 95.1 Å². The van der Waals surface area contributed by atoms with Gasteiger partial charge < -0.3 is 18.6 Å². The lowest BCUT2D eigenvalue weighted by Crippen LogP contribution is -1.98. The van der Waals surface area contributed by atoms with Crippen LogP contribution in [0.2, 0.25) is 0 Å². The maximum Gasteiger partial charge on any atom is 0.118 e. The van der Waals surface area contributed by atoms with Gasteiger partial charge in [-0.2, -0.15) is 0 Å². The number of aromatic nitrogens is 2. The van der Waals surface area contributed by atoms with E-state index in [2.05, 4.69) is 71.1 Å². The summed E-state index contributed by atoms with van der Waals surface area (Å²) >= 11 is 0. The molecule has 0 fully saturated rings. The molecule has 4 heteroatoms. The van der Waals surface area contributed by atoms with Gasteiger partial charge in [-0.1, -0.05) is 73.8 Å². The van der Waals surface area contributed by atoms with Gasteiger partial charge in [0.25, 0.3) is 0 Å². The Labute approximate surface area is 248 Å². The van der Waals surface area contributed by atoms with E-state index in [0.29, 0.717) is 0 Å². The topological polar surface area (TPSA) is 28.3 Å². The van der Waals surface area contributed by atoms with Gasteiger partial charge in [0.05, 0.1) is 25.6 Å². The number of benzene rings is 4. The largest absolute Gasteiger partial charge is 0.497 e. The minimum absolute atomic E-state index is 0.852. The number of nitrogens with zero attached hydrogens (tertiary/aromatic N) is 2. The SMILES string of the molecule is C=C(c1ccc(OC)cc1)c1cccn1-c1ccccc1.C=C(c1ccc(OC)cc1)c1cccn1-c1ccccc1. The number of methoxy groups -OCH3 is 2. The number of rotatable bonds is 8. The Hall–Kier alpha value is -5.48. The Balaban J connectivity index is 0.000000168. The molecular weight excluding hydrogens is 516 g/mol. The third-order valence-corrected chi connectivity index (χ3v) is 7.06. The third-order valence-electron chi connectivity index (χ3n) is 7.06. The summed E-state index contributed by atoms with van der Waals surface area (Å²) in [5.74, 6) is 1.70. The Morgan fingerprint density at radius 2 is 0.810 bits per heavy atom. The summed E-state index contributed by atoms with van der Waals surface area (Å²) in [6, 6.07) is 44.7. The van der Waals surface area contributed by atoms with Crippen molar-refractivity contribution in [1.82, 2.24) is 9.13 Å². The summed E-state index contributed by atoms with van der Waals surface area (Å²) in [5.41, 5.74) is 8.61. The Bertz CT molecular complexity index is 1610. The summed E-state index contributed by atoms with van der Waals surface area (Å²) < 4.78 is 14.7. The first kappa shape index (κ1) is 28.1. The lowest BCUT2D eigenvalue weighted by Gasteiger charge is -2.12. The predicted molar refractivity (Wildman–Crippen MR) is 174 cm³/mol. The molecule has 2 heterocycles. The van der Waals surface area contributed by atoms with E-state index in [1.165, 1.54) is 0 Å². The van der Waals surface area contributed by atoms with Gasteiger partial charge in [0.15, 0.2) is 0 Å². The predicted octanol–water partition coefficient (Wildman–Crippen LogP) is 9.09. The van der Waals surface area contributed by atoms with Crippen molar-refractivity contribution in [3.05, 3.63) is 182 Å². The van der Waals surface area contributed by atoms with Crippen LogP contribution in [0.1, 0.15) is 22.5 Å². The number of hydrogen-bond donors (Lipinski definition) is 0. The highest BCUT2D eigenvalue weighted by Crippen LogP contribution is 2.27. The van der Waals surface area contributed by atoms with E-state index in [9.17, 15) is 0 Å². The number of hydrogen-bond acceptors (Lipinski definition) is 2. The first-order valence-electron chi connectivity index (χ1n) is 13.7. The smallest absolute Gasteiger partial charge is 0.118 e. The number of ether oxygens (including phenoxy) is 2. The highest BCUT2D eigenvalue weighted by Gasteiger charge is 2.10. The maximum atomic E-state index is 5.20. The van der Waals surface area contributed by atoms with Gasteiger partial charge in [0.2, 0.25) is 0 Å². The lowest BCUT2D eigenvalue weighted by atomic mass is 10.0. The van der Waals surface area contributed by atoms with Crippen LogP contribution in [-0.2, 0) is 0 Å². The van der Waals surface area contributed by atoms with E-state index in [1.807, 2.05) is 97.1 Å². The molecule has 0 saturated heterocycles. The van der Waals surface area contributed by atoms with Crippen molar-refractivity contribution < 1.29 is 9.47 Å². The van der Waals surface area contributed by atoms with Crippen molar-refractivity contribution in [1.29, 1.82) is 0 Å². The van der Waals surface area contributed by atoms with Crippen LogP contribution in [-0.4, -0.2) is 23.4 Å². The molecule has 4 aromatic carbocycles. The fourth-order valence-electron chi connectivity index (χ4n) is 4.76. The molecule has 4 nitrogen and oxygen atoms in total. The van der Waals surface area contributed by atoms with E-state index in [-0.39, 0.29) is 0 Å². The molecule has 0 aliphatic carbocycles. The monoisotopic (exact) mass is 550 g/mol. The van der Waals surface area contributed by atoms with Crippen molar-refractivity contribution in [3.63, 3.8) is 0 Å². The highest BCUT2D eigenvalue weighted by atomic mass is 16.5. The summed E-state index contributed by atoms with van der Waals surface area (Å²) in [4.78, 5) is 0. The molecule has 0 saturated carbocycles. The molecule has 0 amide bonds. The van der Waals surface area contributed by atoms with Crippen molar-refractivity contribution in [3.8, 4) is 22.9 Å². The summed E-state index contributed by atoms with van der Waals surface area (Å²) in [5, 5.41) is 0. The minimum atomic E-state index is 0.852. The van der Waals surface area contributed by atoms with E-state index >= 15 is 0 Å². The van der Waals surface area contributed by atoms with Gasteiger partial charge in [0.1, 0.15) is 11.5 Å². The quantitative estimate of drug-likeness (QED) is 0.189. The molecule has 0 unspecified atom stereocenters. The molecule has 6 aromatic rings. The van der Waals surface area contributed by atoms with E-state index < -0.39 is 0 Å². The Morgan fingerprint density at radius 1 is 0.452 bits per heavy atom. The summed E-state index contributed by atoms with van der Waals surface area (Å²) in [6.45, 7) is 8.49. The van der Waals surface area contributed by atoms with Crippen molar-refractivity contribution >= 4 is 11.1 Å². The van der Waals surface area contributed by atoms with Crippen LogP contribution in [0.4, 0.5) is 0 Å². The fourth-order valence-corrected chi connectivity index (χ4v) is 4.76. The molecule has 0 N–H and O–H groups in total. The lowest BCUT2D eigenvalue weighted by molar-refractivity contribution is 0.414. The molecule has 0 spiro atoms. The fraction of sp³-hybridized carbons (Fsp3) is 0.0526. The van der Waals surface area contributed by atoms with Crippen molar-refractivity contribution in [2.75, 3.05) is 14.2 Å². The van der Waals surface area contributed by atoms with Gasteiger partial charge >= 0.3 is 0 Å². The second-order valence-electron chi connectivity index (χ2n) is 9.61. The molecule has 6 rings (SSSR count). The summed E-state index contributed by atoms with van der Waals surface area (Å²) in [6.07, 6.45) is 4.11. The van der Waals surface area contributed by atoms with Crippen LogP contribution in [0.5, 0.6) is 11.5 Å². The molecule has 0 radical (unpaired) electrons. The highest BCUT2D eigenvalue weighted by molar-refractivity contribution is 5.78. The first-order valence-corrected chi connectivity index (χ1v) is 13.7. The van der Waals surface area contributed by atoms with Gasteiger partial charge in [-0.15, -0.1) is 0 Å². The average Bonchev–Trinajstić information content (AvgIpc) is 3.76. The zero-order valence-corrected chi connectivity index (χ0v) is 24.0. The molecule has 0 aliphatic heterocycles. The van der Waals surface area contributed by atoms with Gasteiger partial charge in [-0.3, -0.25) is 0 Å². The first-order chi connectivity index (χ1) is 20.6. The zero-order valence-electron chi connectivity index (χ0n) is 24.0. The molecule has 0 atom stereocenters. The van der Waals surface area contributed by atoms with Crippen molar-refractivity contribution in [2.24, 2.45) is 0 Å². The average molecular weight is 551 g/mol. The molecule has 42 heavy (non-hydrogen) atoms. The van der Waals surface area contributed by atoms with Gasteiger partial charge in [-0.25, -0.2) is 0 Å². The molecule has 208 valence electrons. The molecule has 0 aliphatic rings.